The molecule has 1 unspecified atom stereocenters. The Kier molecular flexibility index (Phi) is 3.73. The van der Waals surface area contributed by atoms with Crippen LogP contribution in [0, 0.1) is 16.7 Å². The molecule has 2 rings (SSSR count). The molecule has 18 heavy (non-hydrogen) atoms. The largest absolute Gasteiger partial charge is 0.297 e. The molecule has 0 aromatic heterocycles. The van der Waals surface area contributed by atoms with E-state index in [0.717, 1.165) is 25.7 Å². The van der Waals surface area contributed by atoms with Crippen molar-refractivity contribution >= 4 is 17.4 Å². The van der Waals surface area contributed by atoms with E-state index in [2.05, 4.69) is 6.07 Å². The first-order valence-electron chi connectivity index (χ1n) is 6.27. The van der Waals surface area contributed by atoms with E-state index in [1.165, 1.54) is 0 Å². The van der Waals surface area contributed by atoms with Crippen molar-refractivity contribution in [1.29, 1.82) is 5.26 Å². The molecule has 0 N–H and O–H groups in total. The Balaban J connectivity index is 2.33. The fraction of sp³-hybridized carbons (Fsp3) is 0.467. The lowest BCUT2D eigenvalue weighted by Gasteiger charge is -2.24. The number of carbonyl (C=O) groups excluding carboxylic acids is 1. The minimum absolute atomic E-state index is 0.0237. The summed E-state index contributed by atoms with van der Waals surface area (Å²) in [4.78, 5) is 12.6. The van der Waals surface area contributed by atoms with Gasteiger partial charge in [-0.2, -0.15) is 5.26 Å². The van der Waals surface area contributed by atoms with E-state index in [1.54, 1.807) is 12.1 Å². The van der Waals surface area contributed by atoms with Crippen LogP contribution in [0.1, 0.15) is 44.1 Å². The SMILES string of the molecule is CC1(C(=O)C(C#N)c2ccccc2Cl)CCCC1. The van der Waals surface area contributed by atoms with Crippen LogP contribution in [-0.4, -0.2) is 5.78 Å². The Bertz CT molecular complexity index is 497. The van der Waals surface area contributed by atoms with E-state index in [4.69, 9.17) is 11.6 Å². The van der Waals surface area contributed by atoms with Crippen LogP contribution in [0.2, 0.25) is 5.02 Å². The molecule has 0 spiro atoms. The highest BCUT2D eigenvalue weighted by molar-refractivity contribution is 6.31. The summed E-state index contributed by atoms with van der Waals surface area (Å²) in [7, 11) is 0. The molecule has 1 atom stereocenters. The lowest BCUT2D eigenvalue weighted by atomic mass is 9.76. The number of benzene rings is 1. The molecular formula is C15H16ClNO. The van der Waals surface area contributed by atoms with Gasteiger partial charge in [-0.25, -0.2) is 0 Å². The Labute approximate surface area is 113 Å². The monoisotopic (exact) mass is 261 g/mol. The Morgan fingerprint density at radius 2 is 2.00 bits per heavy atom. The third kappa shape index (κ3) is 2.28. The Hall–Kier alpha value is -1.33. The van der Waals surface area contributed by atoms with Gasteiger partial charge in [-0.3, -0.25) is 4.79 Å². The van der Waals surface area contributed by atoms with Gasteiger partial charge in [0.05, 0.1) is 6.07 Å². The van der Waals surface area contributed by atoms with E-state index in [1.807, 2.05) is 19.1 Å². The smallest absolute Gasteiger partial charge is 0.160 e. The number of nitriles is 1. The van der Waals surface area contributed by atoms with Gasteiger partial charge in [0.25, 0.3) is 0 Å². The van der Waals surface area contributed by atoms with Crippen LogP contribution < -0.4 is 0 Å². The number of rotatable bonds is 3. The first kappa shape index (κ1) is 13.1. The van der Waals surface area contributed by atoms with Gasteiger partial charge in [0.2, 0.25) is 0 Å². The Morgan fingerprint density at radius 3 is 2.56 bits per heavy atom. The maximum atomic E-state index is 12.6. The zero-order valence-corrected chi connectivity index (χ0v) is 11.2. The van der Waals surface area contributed by atoms with Crippen molar-refractivity contribution in [1.82, 2.24) is 0 Å². The number of carbonyl (C=O) groups is 1. The highest BCUT2D eigenvalue weighted by atomic mass is 35.5. The number of ketones is 1. The average molecular weight is 262 g/mol. The van der Waals surface area contributed by atoms with Gasteiger partial charge in [0.1, 0.15) is 5.92 Å². The number of halogens is 1. The van der Waals surface area contributed by atoms with Crippen molar-refractivity contribution in [2.75, 3.05) is 0 Å². The van der Waals surface area contributed by atoms with E-state index in [9.17, 15) is 10.1 Å². The maximum absolute atomic E-state index is 12.6. The van der Waals surface area contributed by atoms with Crippen LogP contribution >= 0.6 is 11.6 Å². The molecule has 94 valence electrons. The van der Waals surface area contributed by atoms with Crippen LogP contribution in [0.15, 0.2) is 24.3 Å². The standard InChI is InChI=1S/C15H16ClNO/c1-15(8-4-5-9-15)14(18)12(10-17)11-6-2-3-7-13(11)16/h2-3,6-7,12H,4-5,8-9H2,1H3. The van der Waals surface area contributed by atoms with Gasteiger partial charge in [-0.1, -0.05) is 49.6 Å². The van der Waals surface area contributed by atoms with E-state index < -0.39 is 5.92 Å². The van der Waals surface area contributed by atoms with Crippen LogP contribution in [0.4, 0.5) is 0 Å². The molecule has 0 radical (unpaired) electrons. The molecular weight excluding hydrogens is 246 g/mol. The quantitative estimate of drug-likeness (QED) is 0.822. The summed E-state index contributed by atoms with van der Waals surface area (Å²) in [5, 5.41) is 9.82. The van der Waals surface area contributed by atoms with Crippen molar-refractivity contribution in [2.45, 2.75) is 38.5 Å². The third-order valence-corrected chi connectivity index (χ3v) is 4.25. The number of Topliss-reactive ketones (excluding diaryl/α,β-unsaturated/α-hetero) is 1. The van der Waals surface area contributed by atoms with E-state index >= 15 is 0 Å². The van der Waals surface area contributed by atoms with Crippen LogP contribution in [0.5, 0.6) is 0 Å². The molecule has 1 aromatic carbocycles. The molecule has 1 aliphatic rings. The molecule has 1 fully saturated rings. The zero-order valence-electron chi connectivity index (χ0n) is 10.4. The van der Waals surface area contributed by atoms with Gasteiger partial charge in [-0.05, 0) is 24.5 Å². The van der Waals surface area contributed by atoms with Crippen LogP contribution in [-0.2, 0) is 4.79 Å². The van der Waals surface area contributed by atoms with Crippen LogP contribution in [0.25, 0.3) is 0 Å². The third-order valence-electron chi connectivity index (χ3n) is 3.91. The first-order chi connectivity index (χ1) is 8.58. The predicted molar refractivity (Wildman–Crippen MR) is 71.4 cm³/mol. The lowest BCUT2D eigenvalue weighted by Crippen LogP contribution is -2.29. The number of hydrogen-bond donors (Lipinski definition) is 0. The van der Waals surface area contributed by atoms with Gasteiger partial charge in [0.15, 0.2) is 5.78 Å². The molecule has 0 amide bonds. The van der Waals surface area contributed by atoms with Gasteiger partial charge >= 0.3 is 0 Å². The molecule has 0 saturated heterocycles. The minimum Gasteiger partial charge on any atom is -0.297 e. The zero-order chi connectivity index (χ0) is 13.2. The first-order valence-corrected chi connectivity index (χ1v) is 6.65. The number of hydrogen-bond acceptors (Lipinski definition) is 2. The summed E-state index contributed by atoms with van der Waals surface area (Å²) in [6.45, 7) is 1.98. The molecule has 0 heterocycles. The summed E-state index contributed by atoms with van der Waals surface area (Å²) in [5.41, 5.74) is 0.291. The second-order valence-corrected chi connectivity index (χ2v) is 5.62. The molecule has 0 bridgehead atoms. The van der Waals surface area contributed by atoms with Gasteiger partial charge in [0, 0.05) is 10.4 Å². The van der Waals surface area contributed by atoms with Crippen molar-refractivity contribution in [3.8, 4) is 6.07 Å². The van der Waals surface area contributed by atoms with Crippen molar-refractivity contribution in [3.05, 3.63) is 34.9 Å². The maximum Gasteiger partial charge on any atom is 0.160 e. The molecule has 2 nitrogen and oxygen atoms in total. The summed E-state index contributed by atoms with van der Waals surface area (Å²) >= 11 is 6.09. The summed E-state index contributed by atoms with van der Waals surface area (Å²) in [6, 6.07) is 9.25. The van der Waals surface area contributed by atoms with Crippen molar-refractivity contribution < 1.29 is 4.79 Å². The Morgan fingerprint density at radius 1 is 1.39 bits per heavy atom. The molecule has 1 aliphatic carbocycles. The lowest BCUT2D eigenvalue weighted by molar-refractivity contribution is -0.128. The summed E-state index contributed by atoms with van der Waals surface area (Å²) < 4.78 is 0. The fourth-order valence-corrected chi connectivity index (χ4v) is 2.97. The fourth-order valence-electron chi connectivity index (χ4n) is 2.73. The molecule has 1 saturated carbocycles. The van der Waals surface area contributed by atoms with Gasteiger partial charge in [-0.15, -0.1) is 0 Å². The summed E-state index contributed by atoms with van der Waals surface area (Å²) in [5.74, 6) is -0.711. The molecule has 1 aromatic rings. The van der Waals surface area contributed by atoms with E-state index in [0.29, 0.717) is 10.6 Å². The highest BCUT2D eigenvalue weighted by Gasteiger charge is 2.41. The molecule has 0 aliphatic heterocycles. The second-order valence-electron chi connectivity index (χ2n) is 5.22. The number of nitrogens with zero attached hydrogens (tertiary/aromatic N) is 1. The minimum atomic E-state index is -0.734. The topological polar surface area (TPSA) is 40.9 Å². The second kappa shape index (κ2) is 5.12. The normalized spacial score (nSPS) is 19.2. The average Bonchev–Trinajstić information content (AvgIpc) is 2.81. The van der Waals surface area contributed by atoms with Crippen molar-refractivity contribution in [3.63, 3.8) is 0 Å². The molecule has 3 heteroatoms. The van der Waals surface area contributed by atoms with Gasteiger partial charge < -0.3 is 0 Å². The summed E-state index contributed by atoms with van der Waals surface area (Å²) in [6.07, 6.45) is 3.91. The highest BCUT2D eigenvalue weighted by Crippen LogP contribution is 2.42. The van der Waals surface area contributed by atoms with E-state index in [-0.39, 0.29) is 11.2 Å². The predicted octanol–water partition coefficient (Wildman–Crippen LogP) is 4.10. The van der Waals surface area contributed by atoms with Crippen LogP contribution in [0.3, 0.4) is 0 Å². The van der Waals surface area contributed by atoms with Crippen molar-refractivity contribution in [2.24, 2.45) is 5.41 Å².